The van der Waals surface area contributed by atoms with Gasteiger partial charge in [-0.15, -0.1) is 13.2 Å². The minimum atomic E-state index is -4.84. The van der Waals surface area contributed by atoms with Crippen molar-refractivity contribution in [1.29, 1.82) is 0 Å². The molecule has 2 aromatic rings. The summed E-state index contributed by atoms with van der Waals surface area (Å²) in [4.78, 5) is 49.7. The Balaban J connectivity index is 1.92. The van der Waals surface area contributed by atoms with Crippen molar-refractivity contribution in [3.63, 3.8) is 0 Å². The molecule has 0 aliphatic carbocycles. The number of aliphatic hydroxyl groups excluding tert-OH is 1. The van der Waals surface area contributed by atoms with Crippen LogP contribution in [0.2, 0.25) is 0 Å². The van der Waals surface area contributed by atoms with Crippen molar-refractivity contribution in [1.82, 2.24) is 14.9 Å². The monoisotopic (exact) mass is 559 g/mol. The minimum Gasteiger partial charge on any atom is -0.463 e. The number of carboxylic acids is 1. The summed E-state index contributed by atoms with van der Waals surface area (Å²) in [7, 11) is 0. The molecule has 0 saturated carbocycles. The van der Waals surface area contributed by atoms with Crippen LogP contribution in [0.15, 0.2) is 30.5 Å². The van der Waals surface area contributed by atoms with Gasteiger partial charge in [0.1, 0.15) is 24.8 Å². The SMILES string of the molecule is CCCCn1cc(NC(=O)Nc2ccc(OC(F)(F)F)cc2)nc1C(=O)NCCOC(=O)[C@@H](N)CCC(O)=[OH+]. The van der Waals surface area contributed by atoms with E-state index in [-0.39, 0.29) is 43.3 Å². The fourth-order valence-corrected chi connectivity index (χ4v) is 3.08. The van der Waals surface area contributed by atoms with Crippen LogP contribution >= 0.6 is 0 Å². The molecule has 16 heteroatoms. The van der Waals surface area contributed by atoms with Crippen LogP contribution in [-0.4, -0.2) is 68.9 Å². The molecule has 0 radical (unpaired) electrons. The fourth-order valence-electron chi connectivity index (χ4n) is 3.08. The van der Waals surface area contributed by atoms with Gasteiger partial charge < -0.3 is 40.3 Å². The van der Waals surface area contributed by atoms with E-state index in [0.29, 0.717) is 13.0 Å². The Morgan fingerprint density at radius 1 is 1.21 bits per heavy atom. The van der Waals surface area contributed by atoms with Crippen molar-refractivity contribution in [3.05, 3.63) is 36.3 Å². The maximum atomic E-state index is 12.7. The third-order valence-electron chi connectivity index (χ3n) is 4.93. The molecule has 1 aromatic heterocycles. The maximum Gasteiger partial charge on any atom is 0.573 e. The number of carbonyl (C=O) groups is 3. The first kappa shape index (κ1) is 30.9. The lowest BCUT2D eigenvalue weighted by Crippen LogP contribution is -2.35. The second kappa shape index (κ2) is 14.6. The van der Waals surface area contributed by atoms with Gasteiger partial charge in [-0.3, -0.25) is 14.9 Å². The number of carboxylic acid groups (broad SMARTS) is 1. The Bertz CT molecular complexity index is 1140. The van der Waals surface area contributed by atoms with Crippen LogP contribution in [0.4, 0.5) is 29.5 Å². The molecular formula is C23H30F3N6O7+. The number of rotatable bonds is 14. The minimum absolute atomic E-state index is 0.00983. The Labute approximate surface area is 220 Å². The van der Waals surface area contributed by atoms with Crippen molar-refractivity contribution in [2.24, 2.45) is 5.73 Å². The third kappa shape index (κ3) is 11.3. The summed E-state index contributed by atoms with van der Waals surface area (Å²) in [5.74, 6) is -2.62. The summed E-state index contributed by atoms with van der Waals surface area (Å²) in [6, 6.07) is 2.70. The Hall–Kier alpha value is -4.34. The van der Waals surface area contributed by atoms with E-state index in [1.165, 1.54) is 22.9 Å². The highest BCUT2D eigenvalue weighted by Gasteiger charge is 2.31. The molecule has 0 unspecified atom stereocenters. The molecule has 0 aliphatic rings. The molecule has 39 heavy (non-hydrogen) atoms. The van der Waals surface area contributed by atoms with E-state index in [1.807, 2.05) is 6.92 Å². The summed E-state index contributed by atoms with van der Waals surface area (Å²) in [5.41, 5.74) is 5.77. The highest BCUT2D eigenvalue weighted by atomic mass is 19.4. The predicted molar refractivity (Wildman–Crippen MR) is 133 cm³/mol. The van der Waals surface area contributed by atoms with E-state index >= 15 is 0 Å². The van der Waals surface area contributed by atoms with Crippen molar-refractivity contribution in [3.8, 4) is 5.75 Å². The lowest BCUT2D eigenvalue weighted by molar-refractivity contribution is -0.274. The molecular weight excluding hydrogens is 529 g/mol. The molecule has 0 saturated heterocycles. The maximum absolute atomic E-state index is 12.7. The molecule has 7 N–H and O–H groups in total. The molecule has 1 atom stereocenters. The van der Waals surface area contributed by atoms with Crippen molar-refractivity contribution in [2.45, 2.75) is 51.6 Å². The van der Waals surface area contributed by atoms with E-state index in [9.17, 15) is 27.6 Å². The topological polar surface area (TPSA) is 191 Å². The Kier molecular flexibility index (Phi) is 11.5. The van der Waals surface area contributed by atoms with Crippen LogP contribution in [0.1, 0.15) is 43.2 Å². The van der Waals surface area contributed by atoms with E-state index in [1.54, 1.807) is 0 Å². The second-order valence-corrected chi connectivity index (χ2v) is 8.13. The van der Waals surface area contributed by atoms with E-state index in [2.05, 4.69) is 25.7 Å². The van der Waals surface area contributed by atoms with E-state index in [0.717, 1.165) is 18.6 Å². The van der Waals surface area contributed by atoms with Crippen LogP contribution in [-0.2, 0) is 16.1 Å². The molecule has 0 aliphatic heterocycles. The number of urea groups is 1. The number of nitrogens with one attached hydrogen (secondary N) is 3. The average Bonchev–Trinajstić information content (AvgIpc) is 3.26. The van der Waals surface area contributed by atoms with Gasteiger partial charge in [0.25, 0.3) is 5.91 Å². The number of anilines is 2. The quantitative estimate of drug-likeness (QED) is 0.132. The number of imidazole rings is 1. The number of unbranched alkanes of at least 4 members (excludes halogenated alkanes) is 1. The van der Waals surface area contributed by atoms with E-state index < -0.39 is 42.0 Å². The summed E-state index contributed by atoms with van der Waals surface area (Å²) in [5, 5.41) is 16.2. The molecule has 0 bridgehead atoms. The van der Waals surface area contributed by atoms with Gasteiger partial charge >= 0.3 is 24.3 Å². The first-order valence-electron chi connectivity index (χ1n) is 11.8. The summed E-state index contributed by atoms with van der Waals surface area (Å²) < 4.78 is 47.1. The number of aliphatic carboxylic acids is 1. The molecule has 1 aromatic carbocycles. The van der Waals surface area contributed by atoms with Gasteiger partial charge in [-0.25, -0.2) is 9.78 Å². The van der Waals surface area contributed by atoms with Gasteiger partial charge in [0.05, 0.1) is 6.54 Å². The number of hydrogen-bond acceptors (Lipinski definition) is 7. The number of amides is 3. The Morgan fingerprint density at radius 3 is 2.51 bits per heavy atom. The number of nitrogens with two attached hydrogens (primary N) is 1. The second-order valence-electron chi connectivity index (χ2n) is 8.13. The van der Waals surface area contributed by atoms with Crippen LogP contribution in [0.5, 0.6) is 5.75 Å². The summed E-state index contributed by atoms with van der Waals surface area (Å²) in [6.07, 6.45) is -2.05. The van der Waals surface area contributed by atoms with Crippen LogP contribution in [0.3, 0.4) is 0 Å². The van der Waals surface area contributed by atoms with Gasteiger partial charge in [0, 0.05) is 18.4 Å². The number of carbonyl (C=O) groups excluding carboxylic acids is 3. The zero-order valence-corrected chi connectivity index (χ0v) is 21.0. The number of hydrogen-bond donors (Lipinski definition) is 5. The summed E-state index contributed by atoms with van der Waals surface area (Å²) in [6.45, 7) is 2.12. The highest BCUT2D eigenvalue weighted by molar-refractivity contribution is 5.99. The lowest BCUT2D eigenvalue weighted by atomic mass is 10.2. The zero-order chi connectivity index (χ0) is 29.0. The molecule has 214 valence electrons. The highest BCUT2D eigenvalue weighted by Crippen LogP contribution is 2.24. The number of aryl methyl sites for hydroxylation is 1. The number of alkyl halides is 3. The van der Waals surface area contributed by atoms with Crippen LogP contribution in [0.25, 0.3) is 0 Å². The van der Waals surface area contributed by atoms with Gasteiger partial charge in [0.15, 0.2) is 5.82 Å². The number of halogens is 3. The first-order chi connectivity index (χ1) is 18.4. The molecule has 3 amide bonds. The van der Waals surface area contributed by atoms with Crippen LogP contribution in [0, 0.1) is 0 Å². The van der Waals surface area contributed by atoms with Gasteiger partial charge in [-0.1, -0.05) is 13.3 Å². The number of aromatic nitrogens is 2. The number of nitrogens with zero attached hydrogens (tertiary/aromatic N) is 2. The normalized spacial score (nSPS) is 11.8. The van der Waals surface area contributed by atoms with Gasteiger partial charge in [-0.05, 0) is 37.1 Å². The van der Waals surface area contributed by atoms with Gasteiger partial charge in [-0.2, -0.15) is 0 Å². The molecule has 0 fully saturated rings. The predicted octanol–water partition coefficient (Wildman–Crippen LogP) is 2.67. The summed E-state index contributed by atoms with van der Waals surface area (Å²) >= 11 is 0. The molecule has 13 nitrogen and oxygen atoms in total. The average molecular weight is 560 g/mol. The van der Waals surface area contributed by atoms with Crippen molar-refractivity contribution >= 4 is 35.4 Å². The molecule has 1 heterocycles. The lowest BCUT2D eigenvalue weighted by Gasteiger charge is -2.11. The van der Waals surface area contributed by atoms with Crippen molar-refractivity contribution < 1.29 is 46.9 Å². The zero-order valence-electron chi connectivity index (χ0n) is 21.0. The largest absolute Gasteiger partial charge is 0.573 e. The van der Waals surface area contributed by atoms with Crippen molar-refractivity contribution in [2.75, 3.05) is 23.8 Å². The Morgan fingerprint density at radius 2 is 1.90 bits per heavy atom. The van der Waals surface area contributed by atoms with Gasteiger partial charge in [0.2, 0.25) is 5.82 Å². The standard InChI is InChI=1S/C23H29F3N6O7/c1-2-3-11-32-13-17(31-22(37)29-14-4-6-15(7-5-14)39-23(24,25)26)30-19(32)20(35)28-10-12-38-21(36)16(27)8-9-18(33)34/h4-7,13,16H,2-3,8-12,27H2,1H3,(H,28,35)(H,33,34)(H2,29,31,37)/p+1/t16-/m0/s1. The number of esters is 1. The smallest absolute Gasteiger partial charge is 0.463 e. The molecule has 0 spiro atoms. The number of benzene rings is 1. The first-order valence-corrected chi connectivity index (χ1v) is 11.8. The molecule has 2 rings (SSSR count). The number of ether oxygens (including phenoxy) is 2. The fraction of sp³-hybridized carbons (Fsp3) is 0.435. The van der Waals surface area contributed by atoms with E-state index in [4.69, 9.17) is 20.4 Å². The third-order valence-corrected chi connectivity index (χ3v) is 4.93. The van der Waals surface area contributed by atoms with Crippen LogP contribution < -0.4 is 26.4 Å².